The molecule has 0 atom stereocenters. The quantitative estimate of drug-likeness (QED) is 0.867. The van der Waals surface area contributed by atoms with Gasteiger partial charge in [-0.25, -0.2) is 23.5 Å². The van der Waals surface area contributed by atoms with E-state index in [0.717, 1.165) is 11.3 Å². The van der Waals surface area contributed by atoms with Crippen molar-refractivity contribution in [2.45, 2.75) is 25.0 Å². The number of amides is 1. The Morgan fingerprint density at radius 2 is 1.90 bits per heavy atom. The molecule has 0 aliphatic carbocycles. The molecule has 3 N–H and O–H groups in total. The number of nitrogens with zero attached hydrogens (tertiary/aromatic N) is 2. The van der Waals surface area contributed by atoms with Crippen molar-refractivity contribution in [2.24, 2.45) is 5.14 Å². The number of sulfonamides is 1. The number of carbonyl (C=O) groups is 1. The number of nitrogens with two attached hydrogens (primary N) is 1. The lowest BCUT2D eigenvalue weighted by Crippen LogP contribution is -2.12. The van der Waals surface area contributed by atoms with Crippen molar-refractivity contribution in [1.29, 1.82) is 0 Å². The molecular formula is C10H12N4O4S2. The molecule has 2 aromatic rings. The van der Waals surface area contributed by atoms with Crippen molar-refractivity contribution < 1.29 is 17.6 Å². The summed E-state index contributed by atoms with van der Waals surface area (Å²) in [5, 5.41) is 7.63. The minimum absolute atomic E-state index is 0.0625. The topological polar surface area (TPSA) is 128 Å². The Hall–Kier alpha value is -1.78. The zero-order valence-electron chi connectivity index (χ0n) is 10.9. The SMILES string of the molecule is Cc1nc(C)c(C(=O)Nc2nc(C)c(S(N)(=O)=O)s2)o1. The molecule has 108 valence electrons. The van der Waals surface area contributed by atoms with E-state index < -0.39 is 15.9 Å². The molecule has 0 bridgehead atoms. The van der Waals surface area contributed by atoms with E-state index in [4.69, 9.17) is 9.56 Å². The number of rotatable bonds is 3. The van der Waals surface area contributed by atoms with Crippen LogP contribution in [-0.2, 0) is 10.0 Å². The monoisotopic (exact) mass is 316 g/mol. The summed E-state index contributed by atoms with van der Waals surface area (Å²) in [5.74, 6) is -0.112. The van der Waals surface area contributed by atoms with E-state index in [1.807, 2.05) is 0 Å². The normalized spacial score (nSPS) is 11.6. The van der Waals surface area contributed by atoms with Gasteiger partial charge in [0.15, 0.2) is 15.2 Å². The van der Waals surface area contributed by atoms with Gasteiger partial charge in [0.05, 0.1) is 11.4 Å². The second kappa shape index (κ2) is 4.96. The van der Waals surface area contributed by atoms with Crippen LogP contribution < -0.4 is 10.5 Å². The summed E-state index contributed by atoms with van der Waals surface area (Å²) >= 11 is 0.784. The summed E-state index contributed by atoms with van der Waals surface area (Å²) in [4.78, 5) is 19.9. The van der Waals surface area contributed by atoms with Crippen LogP contribution in [0.4, 0.5) is 5.13 Å². The Balaban J connectivity index is 2.27. The first kappa shape index (κ1) is 14.6. The second-order valence-electron chi connectivity index (χ2n) is 4.04. The van der Waals surface area contributed by atoms with Gasteiger partial charge in [0.25, 0.3) is 5.91 Å². The highest BCUT2D eigenvalue weighted by molar-refractivity contribution is 7.91. The van der Waals surface area contributed by atoms with Gasteiger partial charge < -0.3 is 4.42 Å². The van der Waals surface area contributed by atoms with Gasteiger partial charge in [0, 0.05) is 6.92 Å². The van der Waals surface area contributed by atoms with Gasteiger partial charge in [-0.3, -0.25) is 10.1 Å². The average Bonchev–Trinajstić information content (AvgIpc) is 2.81. The number of anilines is 1. The summed E-state index contributed by atoms with van der Waals surface area (Å²) in [5.41, 5.74) is 0.679. The molecule has 20 heavy (non-hydrogen) atoms. The Morgan fingerprint density at radius 1 is 1.25 bits per heavy atom. The fourth-order valence-corrected chi connectivity index (χ4v) is 3.45. The number of hydrogen-bond acceptors (Lipinski definition) is 7. The van der Waals surface area contributed by atoms with Crippen molar-refractivity contribution in [2.75, 3.05) is 5.32 Å². The number of thiazole rings is 1. The molecule has 2 aromatic heterocycles. The predicted octanol–water partition coefficient (Wildman–Crippen LogP) is 0.956. The van der Waals surface area contributed by atoms with Crippen LogP contribution in [0, 0.1) is 20.8 Å². The third-order valence-corrected chi connectivity index (χ3v) is 4.97. The van der Waals surface area contributed by atoms with Crippen LogP contribution >= 0.6 is 11.3 Å². The molecule has 0 unspecified atom stereocenters. The lowest BCUT2D eigenvalue weighted by Gasteiger charge is -1.97. The number of oxazole rings is 1. The van der Waals surface area contributed by atoms with Gasteiger partial charge in [-0.2, -0.15) is 0 Å². The number of carbonyl (C=O) groups excluding carboxylic acids is 1. The Morgan fingerprint density at radius 3 is 2.35 bits per heavy atom. The number of hydrogen-bond donors (Lipinski definition) is 2. The standard InChI is InChI=1S/C10H12N4O4S2/c1-4-7(18-6(3)12-4)8(15)14-10-13-5(2)9(19-10)20(11,16)17/h1-3H3,(H2,11,16,17)(H,13,14,15). The maximum absolute atomic E-state index is 12.0. The van der Waals surface area contributed by atoms with E-state index in [2.05, 4.69) is 15.3 Å². The molecule has 0 spiro atoms. The summed E-state index contributed by atoms with van der Waals surface area (Å²) < 4.78 is 27.7. The average molecular weight is 316 g/mol. The van der Waals surface area contributed by atoms with E-state index in [0.29, 0.717) is 11.6 Å². The molecule has 0 aliphatic rings. The van der Waals surface area contributed by atoms with Crippen molar-refractivity contribution in [3.63, 3.8) is 0 Å². The molecule has 0 saturated heterocycles. The molecule has 2 heterocycles. The first-order chi connectivity index (χ1) is 9.18. The van der Waals surface area contributed by atoms with E-state index in [9.17, 15) is 13.2 Å². The van der Waals surface area contributed by atoms with Gasteiger partial charge in [0.1, 0.15) is 0 Å². The zero-order valence-corrected chi connectivity index (χ0v) is 12.6. The number of aryl methyl sites for hydroxylation is 3. The van der Waals surface area contributed by atoms with E-state index >= 15 is 0 Å². The molecule has 10 heteroatoms. The first-order valence-corrected chi connectivity index (χ1v) is 7.80. The maximum Gasteiger partial charge on any atom is 0.295 e. The summed E-state index contributed by atoms with van der Waals surface area (Å²) in [6, 6.07) is 0. The fourth-order valence-electron chi connectivity index (χ4n) is 1.60. The summed E-state index contributed by atoms with van der Waals surface area (Å²) in [6.45, 7) is 4.75. The summed E-state index contributed by atoms with van der Waals surface area (Å²) in [6.07, 6.45) is 0. The summed E-state index contributed by atoms with van der Waals surface area (Å²) in [7, 11) is -3.85. The number of aromatic nitrogens is 2. The smallest absolute Gasteiger partial charge is 0.295 e. The molecule has 1 amide bonds. The number of primary sulfonamides is 1. The maximum atomic E-state index is 12.0. The molecule has 2 rings (SSSR count). The van der Waals surface area contributed by atoms with Crippen molar-refractivity contribution in [3.8, 4) is 0 Å². The Bertz CT molecular complexity index is 775. The van der Waals surface area contributed by atoms with Crippen LogP contribution in [0.3, 0.4) is 0 Å². The highest BCUT2D eigenvalue weighted by Gasteiger charge is 2.21. The number of nitrogens with one attached hydrogen (secondary N) is 1. The van der Waals surface area contributed by atoms with Gasteiger partial charge in [-0.05, 0) is 13.8 Å². The van der Waals surface area contributed by atoms with Gasteiger partial charge in [-0.1, -0.05) is 11.3 Å². The third kappa shape index (κ3) is 2.86. The molecule has 0 saturated carbocycles. The van der Waals surface area contributed by atoms with Crippen LogP contribution in [0.15, 0.2) is 8.63 Å². The van der Waals surface area contributed by atoms with Crippen LogP contribution in [-0.4, -0.2) is 24.3 Å². The molecule has 0 aliphatic heterocycles. The molecular weight excluding hydrogens is 304 g/mol. The minimum Gasteiger partial charge on any atom is -0.436 e. The van der Waals surface area contributed by atoms with E-state index in [-0.39, 0.29) is 20.8 Å². The molecule has 0 radical (unpaired) electrons. The van der Waals surface area contributed by atoms with E-state index in [1.54, 1.807) is 13.8 Å². The van der Waals surface area contributed by atoms with Crippen molar-refractivity contribution in [3.05, 3.63) is 23.0 Å². The van der Waals surface area contributed by atoms with Crippen LogP contribution in [0.2, 0.25) is 0 Å². The van der Waals surface area contributed by atoms with Crippen LogP contribution in [0.5, 0.6) is 0 Å². The van der Waals surface area contributed by atoms with Crippen molar-refractivity contribution >= 4 is 32.4 Å². The van der Waals surface area contributed by atoms with Gasteiger partial charge in [0.2, 0.25) is 15.8 Å². The van der Waals surface area contributed by atoms with E-state index in [1.165, 1.54) is 6.92 Å². The minimum atomic E-state index is -3.85. The van der Waals surface area contributed by atoms with Gasteiger partial charge in [-0.15, -0.1) is 0 Å². The largest absolute Gasteiger partial charge is 0.436 e. The lowest BCUT2D eigenvalue weighted by atomic mass is 10.3. The first-order valence-electron chi connectivity index (χ1n) is 5.44. The molecule has 0 aromatic carbocycles. The Labute approximate surface area is 119 Å². The highest BCUT2D eigenvalue weighted by atomic mass is 32.2. The van der Waals surface area contributed by atoms with Crippen molar-refractivity contribution in [1.82, 2.24) is 9.97 Å². The zero-order chi connectivity index (χ0) is 15.1. The molecule has 0 fully saturated rings. The predicted molar refractivity (Wildman–Crippen MR) is 72.2 cm³/mol. The Kier molecular flexibility index (Phi) is 3.63. The lowest BCUT2D eigenvalue weighted by molar-refractivity contribution is 0.0994. The van der Waals surface area contributed by atoms with Crippen LogP contribution in [0.25, 0.3) is 0 Å². The van der Waals surface area contributed by atoms with Gasteiger partial charge >= 0.3 is 0 Å². The second-order valence-corrected chi connectivity index (χ2v) is 6.79. The van der Waals surface area contributed by atoms with Crippen LogP contribution in [0.1, 0.15) is 27.8 Å². The highest BCUT2D eigenvalue weighted by Crippen LogP contribution is 2.26. The third-order valence-electron chi connectivity index (χ3n) is 2.34. The molecule has 8 nitrogen and oxygen atoms in total. The fraction of sp³-hybridized carbons (Fsp3) is 0.300.